The molecule has 0 saturated carbocycles. The molecular weight excluding hydrogens is 574 g/mol. The van der Waals surface area contributed by atoms with Crippen LogP contribution in [-0.4, -0.2) is 34.4 Å². The second-order valence-electron chi connectivity index (χ2n) is 6.81. The average Bonchev–Trinajstić information content (AvgIpc) is 3.42. The minimum Gasteiger partial charge on any atom is -0.506 e. The summed E-state index contributed by atoms with van der Waals surface area (Å²) in [6.07, 6.45) is 4.78. The normalized spacial score (nSPS) is 16.5. The Kier molecular flexibility index (Phi) is 7.36. The summed E-state index contributed by atoms with van der Waals surface area (Å²) in [5.74, 6) is 1.21. The Bertz CT molecular complexity index is 1260. The van der Waals surface area contributed by atoms with E-state index in [9.17, 15) is 9.90 Å². The van der Waals surface area contributed by atoms with Crippen LogP contribution in [0.1, 0.15) is 16.9 Å². The lowest BCUT2D eigenvalue weighted by atomic mass is 10.2. The summed E-state index contributed by atoms with van der Waals surface area (Å²) >= 11 is 7.90. The van der Waals surface area contributed by atoms with Crippen molar-refractivity contribution in [2.45, 2.75) is 6.54 Å². The van der Waals surface area contributed by atoms with E-state index in [4.69, 9.17) is 9.15 Å². The van der Waals surface area contributed by atoms with Crippen molar-refractivity contribution in [1.29, 1.82) is 0 Å². The first-order valence-corrected chi connectivity index (χ1v) is 12.0. The number of furan rings is 1. The van der Waals surface area contributed by atoms with Crippen molar-refractivity contribution in [1.82, 2.24) is 4.90 Å². The van der Waals surface area contributed by atoms with Gasteiger partial charge in [-0.3, -0.25) is 9.69 Å². The van der Waals surface area contributed by atoms with Crippen LogP contribution in [0.4, 0.5) is 0 Å². The largest absolute Gasteiger partial charge is 0.506 e. The van der Waals surface area contributed by atoms with Crippen molar-refractivity contribution in [3.63, 3.8) is 0 Å². The van der Waals surface area contributed by atoms with Crippen LogP contribution in [0.25, 0.3) is 6.08 Å². The van der Waals surface area contributed by atoms with Crippen LogP contribution in [0.15, 0.2) is 83.3 Å². The van der Waals surface area contributed by atoms with E-state index in [1.807, 2.05) is 24.3 Å². The smallest absolute Gasteiger partial charge is 0.267 e. The summed E-state index contributed by atoms with van der Waals surface area (Å²) < 4.78 is 11.9. The molecular formula is C23H17Br2N3O4S. The fourth-order valence-corrected chi connectivity index (χ4v) is 5.15. The van der Waals surface area contributed by atoms with Gasteiger partial charge in [0, 0.05) is 10.0 Å². The number of carbonyl (C=O) groups is 1. The molecule has 1 aliphatic rings. The molecule has 1 aliphatic heterocycles. The number of rotatable bonds is 6. The number of halogens is 2. The van der Waals surface area contributed by atoms with Gasteiger partial charge in [-0.05, 0) is 75.7 Å². The molecule has 33 heavy (non-hydrogen) atoms. The SMILES string of the molecule is COc1ccc(/C=C2\S/C(=N\N=C\c3cc(Br)cc(Br)c3O)N(Cc3ccco3)C2=O)cc1. The van der Waals surface area contributed by atoms with Gasteiger partial charge in [0.15, 0.2) is 5.17 Å². The Morgan fingerprint density at radius 3 is 2.70 bits per heavy atom. The Morgan fingerprint density at radius 2 is 2.00 bits per heavy atom. The molecule has 1 amide bonds. The van der Waals surface area contributed by atoms with E-state index < -0.39 is 0 Å². The Labute approximate surface area is 211 Å². The molecule has 3 aromatic rings. The van der Waals surface area contributed by atoms with Crippen LogP contribution in [0.5, 0.6) is 11.5 Å². The van der Waals surface area contributed by atoms with Gasteiger partial charge in [-0.25, -0.2) is 0 Å². The van der Waals surface area contributed by atoms with E-state index in [0.717, 1.165) is 15.8 Å². The minimum absolute atomic E-state index is 0.0461. The summed E-state index contributed by atoms with van der Waals surface area (Å²) in [6, 6.07) is 14.4. The van der Waals surface area contributed by atoms with Gasteiger partial charge in [0.05, 0.1) is 35.5 Å². The highest BCUT2D eigenvalue weighted by molar-refractivity contribution is 9.11. The van der Waals surface area contributed by atoms with Crippen LogP contribution in [0, 0.1) is 0 Å². The van der Waals surface area contributed by atoms with E-state index in [-0.39, 0.29) is 18.2 Å². The summed E-state index contributed by atoms with van der Waals surface area (Å²) in [7, 11) is 1.60. The van der Waals surface area contributed by atoms with E-state index in [2.05, 4.69) is 42.1 Å². The number of amidine groups is 1. The van der Waals surface area contributed by atoms with Crippen LogP contribution in [-0.2, 0) is 11.3 Å². The van der Waals surface area contributed by atoms with Gasteiger partial charge in [0.1, 0.15) is 17.3 Å². The molecule has 1 N–H and O–H groups in total. The number of aromatic hydroxyl groups is 1. The molecule has 2 aromatic carbocycles. The lowest BCUT2D eigenvalue weighted by molar-refractivity contribution is -0.122. The summed E-state index contributed by atoms with van der Waals surface area (Å²) in [5.41, 5.74) is 1.33. The molecule has 4 rings (SSSR count). The van der Waals surface area contributed by atoms with Gasteiger partial charge in [-0.2, -0.15) is 5.10 Å². The standard InChI is InChI=1S/C23H17Br2N3O4S/c1-31-17-6-4-14(5-7-17)9-20-22(30)28(13-18-3-2-8-32-18)23(33-20)27-26-12-15-10-16(24)11-19(25)21(15)29/h2-12,29H,13H2,1H3/b20-9-,26-12+,27-23-. The van der Waals surface area contributed by atoms with Gasteiger partial charge in [0.25, 0.3) is 5.91 Å². The van der Waals surface area contributed by atoms with Gasteiger partial charge < -0.3 is 14.3 Å². The van der Waals surface area contributed by atoms with Crippen LogP contribution in [0.3, 0.4) is 0 Å². The lowest BCUT2D eigenvalue weighted by Crippen LogP contribution is -2.28. The first-order chi connectivity index (χ1) is 15.9. The van der Waals surface area contributed by atoms with Crippen molar-refractivity contribution in [3.05, 3.63) is 85.5 Å². The predicted molar refractivity (Wildman–Crippen MR) is 136 cm³/mol. The van der Waals surface area contributed by atoms with Gasteiger partial charge in [-0.15, -0.1) is 5.10 Å². The number of phenols is 1. The van der Waals surface area contributed by atoms with E-state index in [1.165, 1.54) is 22.9 Å². The minimum atomic E-state index is -0.200. The molecule has 0 atom stereocenters. The second-order valence-corrected chi connectivity index (χ2v) is 9.59. The number of amides is 1. The number of methoxy groups -OCH3 is 1. The zero-order valence-corrected chi connectivity index (χ0v) is 21.2. The first-order valence-electron chi connectivity index (χ1n) is 9.61. The number of hydrogen-bond acceptors (Lipinski definition) is 7. The highest BCUT2D eigenvalue weighted by atomic mass is 79.9. The quantitative estimate of drug-likeness (QED) is 0.215. The van der Waals surface area contributed by atoms with E-state index >= 15 is 0 Å². The van der Waals surface area contributed by atoms with Crippen LogP contribution in [0.2, 0.25) is 0 Å². The predicted octanol–water partition coefficient (Wildman–Crippen LogP) is 6.03. The maximum absolute atomic E-state index is 13.1. The van der Waals surface area contributed by atoms with Crippen molar-refractivity contribution in [2.75, 3.05) is 7.11 Å². The highest BCUT2D eigenvalue weighted by Crippen LogP contribution is 2.34. The number of nitrogens with zero attached hydrogens (tertiary/aromatic N) is 3. The third-order valence-electron chi connectivity index (χ3n) is 4.59. The molecule has 1 aromatic heterocycles. The Morgan fingerprint density at radius 1 is 1.21 bits per heavy atom. The van der Waals surface area contributed by atoms with Crippen molar-refractivity contribution in [3.8, 4) is 11.5 Å². The molecule has 7 nitrogen and oxygen atoms in total. The number of benzene rings is 2. The molecule has 0 radical (unpaired) electrons. The molecule has 0 spiro atoms. The fraction of sp³-hybridized carbons (Fsp3) is 0.0870. The molecule has 1 saturated heterocycles. The maximum Gasteiger partial charge on any atom is 0.267 e. The number of thioether (sulfide) groups is 1. The third-order valence-corrected chi connectivity index (χ3v) is 6.65. The zero-order chi connectivity index (χ0) is 23.4. The number of ether oxygens (including phenoxy) is 1. The molecule has 0 bridgehead atoms. The maximum atomic E-state index is 13.1. The Hall–Kier alpha value is -2.82. The lowest BCUT2D eigenvalue weighted by Gasteiger charge is -2.12. The monoisotopic (exact) mass is 589 g/mol. The topological polar surface area (TPSA) is 87.6 Å². The highest BCUT2D eigenvalue weighted by Gasteiger charge is 2.34. The van der Waals surface area contributed by atoms with Crippen molar-refractivity contribution in [2.24, 2.45) is 10.2 Å². The first kappa shape index (κ1) is 23.3. The number of hydrogen-bond donors (Lipinski definition) is 1. The summed E-state index contributed by atoms with van der Waals surface area (Å²) in [4.78, 5) is 15.1. The van der Waals surface area contributed by atoms with Gasteiger partial charge in [-0.1, -0.05) is 28.1 Å². The molecule has 1 fully saturated rings. The van der Waals surface area contributed by atoms with E-state index in [0.29, 0.717) is 25.9 Å². The molecule has 10 heteroatoms. The summed E-state index contributed by atoms with van der Waals surface area (Å²) in [5, 5.41) is 19.0. The summed E-state index contributed by atoms with van der Waals surface area (Å²) in [6.45, 7) is 0.223. The Balaban J connectivity index is 1.63. The van der Waals surface area contributed by atoms with Gasteiger partial charge in [0.2, 0.25) is 0 Å². The molecule has 168 valence electrons. The fourth-order valence-electron chi connectivity index (χ4n) is 2.96. The molecule has 0 unspecified atom stereocenters. The average molecular weight is 591 g/mol. The number of phenolic OH excluding ortho intramolecular Hbond substituents is 1. The molecule has 0 aliphatic carbocycles. The third kappa shape index (κ3) is 5.58. The van der Waals surface area contributed by atoms with Crippen molar-refractivity contribution < 1.29 is 19.1 Å². The zero-order valence-electron chi connectivity index (χ0n) is 17.2. The van der Waals surface area contributed by atoms with Gasteiger partial charge >= 0.3 is 0 Å². The molecule has 2 heterocycles. The number of carbonyl (C=O) groups excluding carboxylic acids is 1. The van der Waals surface area contributed by atoms with Crippen molar-refractivity contribution >= 4 is 67.0 Å². The van der Waals surface area contributed by atoms with Crippen LogP contribution >= 0.6 is 43.6 Å². The van der Waals surface area contributed by atoms with Crippen LogP contribution < -0.4 is 4.74 Å². The second kappa shape index (κ2) is 10.4. The van der Waals surface area contributed by atoms with E-state index in [1.54, 1.807) is 43.7 Å².